The number of hydrogen-bond donors (Lipinski definition) is 1. The van der Waals surface area contributed by atoms with Crippen LogP contribution in [0.4, 0.5) is 13.2 Å². The highest BCUT2D eigenvalue weighted by Crippen LogP contribution is 2.30. The monoisotopic (exact) mass is 280 g/mol. The third-order valence-electron chi connectivity index (χ3n) is 3.54. The van der Waals surface area contributed by atoms with E-state index in [1.807, 2.05) is 0 Å². The lowest BCUT2D eigenvalue weighted by Crippen LogP contribution is -2.50. The molecule has 110 valence electrons. The molecule has 1 aliphatic carbocycles. The first-order valence-corrected chi connectivity index (χ1v) is 6.35. The summed E-state index contributed by atoms with van der Waals surface area (Å²) in [6.45, 7) is 0. The van der Waals surface area contributed by atoms with Gasteiger partial charge in [-0.2, -0.15) is 13.2 Å². The molecule has 0 spiro atoms. The van der Waals surface area contributed by atoms with Gasteiger partial charge >= 0.3 is 6.18 Å². The van der Waals surface area contributed by atoms with Gasteiger partial charge in [0, 0.05) is 13.0 Å². The predicted octanol–water partition coefficient (Wildman–Crippen LogP) is 1.83. The Morgan fingerprint density at radius 3 is 2.21 bits per heavy atom. The van der Waals surface area contributed by atoms with Crippen LogP contribution < -0.4 is 5.73 Å². The van der Waals surface area contributed by atoms with Crippen LogP contribution in [0.1, 0.15) is 38.5 Å². The van der Waals surface area contributed by atoms with E-state index in [1.165, 1.54) is 0 Å². The summed E-state index contributed by atoms with van der Waals surface area (Å²) in [6.07, 6.45) is -1.58. The summed E-state index contributed by atoms with van der Waals surface area (Å²) in [4.78, 5) is 23.4. The molecule has 2 N–H and O–H groups in total. The third kappa shape index (κ3) is 4.40. The van der Waals surface area contributed by atoms with Crippen LogP contribution in [0, 0.1) is 5.92 Å². The molecule has 1 fully saturated rings. The van der Waals surface area contributed by atoms with Crippen LogP contribution in [0.2, 0.25) is 0 Å². The maximum absolute atomic E-state index is 12.9. The van der Waals surface area contributed by atoms with E-state index in [4.69, 9.17) is 5.73 Å². The first kappa shape index (κ1) is 15.8. The number of nitrogens with two attached hydrogens (primary N) is 1. The molecule has 0 radical (unpaired) electrons. The van der Waals surface area contributed by atoms with Crippen molar-refractivity contribution in [3.63, 3.8) is 0 Å². The molecule has 1 unspecified atom stereocenters. The van der Waals surface area contributed by atoms with Crippen LogP contribution in [0.3, 0.4) is 0 Å². The van der Waals surface area contributed by atoms with Crippen LogP contribution in [0.5, 0.6) is 0 Å². The summed E-state index contributed by atoms with van der Waals surface area (Å²) in [5.41, 5.74) is 4.83. The van der Waals surface area contributed by atoms with Gasteiger partial charge in [-0.1, -0.05) is 19.3 Å². The van der Waals surface area contributed by atoms with E-state index in [0.717, 1.165) is 26.3 Å². The third-order valence-corrected chi connectivity index (χ3v) is 3.54. The number of amides is 2. The van der Waals surface area contributed by atoms with Crippen molar-refractivity contribution in [3.8, 4) is 0 Å². The second-order valence-electron chi connectivity index (χ2n) is 5.01. The molecule has 0 saturated heterocycles. The van der Waals surface area contributed by atoms with Crippen LogP contribution in [-0.4, -0.2) is 36.0 Å². The second-order valence-corrected chi connectivity index (χ2v) is 5.01. The Morgan fingerprint density at radius 2 is 1.79 bits per heavy atom. The zero-order chi connectivity index (χ0) is 14.6. The van der Waals surface area contributed by atoms with E-state index >= 15 is 0 Å². The first-order chi connectivity index (χ1) is 8.73. The average Bonchev–Trinajstić information content (AvgIpc) is 2.34. The van der Waals surface area contributed by atoms with Crippen molar-refractivity contribution in [2.45, 2.75) is 50.7 Å². The molecule has 0 bridgehead atoms. The van der Waals surface area contributed by atoms with Gasteiger partial charge in [0.1, 0.15) is 6.04 Å². The quantitative estimate of drug-likeness (QED) is 0.854. The molecule has 0 heterocycles. The van der Waals surface area contributed by atoms with Crippen LogP contribution in [0.15, 0.2) is 0 Å². The highest BCUT2D eigenvalue weighted by molar-refractivity contribution is 5.80. The Labute approximate surface area is 110 Å². The predicted molar refractivity (Wildman–Crippen MR) is 63.0 cm³/mol. The molecule has 4 nitrogen and oxygen atoms in total. The van der Waals surface area contributed by atoms with E-state index in [9.17, 15) is 22.8 Å². The molecule has 7 heteroatoms. The zero-order valence-corrected chi connectivity index (χ0v) is 10.9. The number of rotatable bonds is 4. The molecule has 0 aromatic rings. The van der Waals surface area contributed by atoms with Gasteiger partial charge < -0.3 is 10.6 Å². The summed E-state index contributed by atoms with van der Waals surface area (Å²) in [5.74, 6) is -1.97. The maximum Gasteiger partial charge on any atom is 0.409 e. The van der Waals surface area contributed by atoms with Crippen LogP contribution >= 0.6 is 0 Å². The van der Waals surface area contributed by atoms with Gasteiger partial charge in [-0.3, -0.25) is 9.59 Å². The first-order valence-electron chi connectivity index (χ1n) is 6.35. The van der Waals surface area contributed by atoms with E-state index in [1.54, 1.807) is 0 Å². The van der Waals surface area contributed by atoms with Crippen molar-refractivity contribution in [3.05, 3.63) is 0 Å². The summed E-state index contributed by atoms with van der Waals surface area (Å²) in [6, 6.07) is -2.13. The summed E-state index contributed by atoms with van der Waals surface area (Å²) < 4.78 is 38.6. The van der Waals surface area contributed by atoms with Crippen molar-refractivity contribution in [1.82, 2.24) is 4.90 Å². The molecule has 0 aromatic heterocycles. The van der Waals surface area contributed by atoms with E-state index in [-0.39, 0.29) is 5.92 Å². The molecule has 19 heavy (non-hydrogen) atoms. The van der Waals surface area contributed by atoms with Gasteiger partial charge in [-0.15, -0.1) is 0 Å². The Morgan fingerprint density at radius 1 is 1.26 bits per heavy atom. The second kappa shape index (κ2) is 6.25. The zero-order valence-electron chi connectivity index (χ0n) is 10.9. The summed E-state index contributed by atoms with van der Waals surface area (Å²) >= 11 is 0. The van der Waals surface area contributed by atoms with Gasteiger partial charge in [0.25, 0.3) is 0 Å². The molecule has 1 aliphatic rings. The summed E-state index contributed by atoms with van der Waals surface area (Å²) in [7, 11) is 1.10. The molecular formula is C12H19F3N2O2. The molecule has 1 saturated carbocycles. The van der Waals surface area contributed by atoms with Gasteiger partial charge in [0.05, 0.1) is 6.42 Å². The van der Waals surface area contributed by atoms with Gasteiger partial charge in [-0.05, 0) is 12.8 Å². The number of carbonyl (C=O) groups is 2. The standard InChI is InChI=1S/C12H19F3N2O2/c1-17(9(7-10(16)18)12(13,14)15)11(19)8-5-3-2-4-6-8/h8-9H,2-7H2,1H3,(H2,16,18). The molecule has 0 aromatic carbocycles. The fraction of sp³-hybridized carbons (Fsp3) is 0.833. The minimum Gasteiger partial charge on any atom is -0.370 e. The van der Waals surface area contributed by atoms with Gasteiger partial charge in [0.15, 0.2) is 0 Å². The summed E-state index contributed by atoms with van der Waals surface area (Å²) in [5, 5.41) is 0. The number of hydrogen-bond acceptors (Lipinski definition) is 2. The minimum atomic E-state index is -4.64. The Balaban J connectivity index is 2.77. The fourth-order valence-corrected chi connectivity index (χ4v) is 2.45. The molecule has 0 aliphatic heterocycles. The highest BCUT2D eigenvalue weighted by Gasteiger charge is 2.45. The van der Waals surface area contributed by atoms with Crippen molar-refractivity contribution >= 4 is 11.8 Å². The van der Waals surface area contributed by atoms with Gasteiger partial charge in [-0.25, -0.2) is 0 Å². The lowest BCUT2D eigenvalue weighted by molar-refractivity contribution is -0.190. The van der Waals surface area contributed by atoms with E-state index < -0.39 is 30.5 Å². The highest BCUT2D eigenvalue weighted by atomic mass is 19.4. The lowest BCUT2D eigenvalue weighted by atomic mass is 9.88. The lowest BCUT2D eigenvalue weighted by Gasteiger charge is -2.33. The molecule has 1 rings (SSSR count). The van der Waals surface area contributed by atoms with Gasteiger partial charge in [0.2, 0.25) is 11.8 Å². The smallest absolute Gasteiger partial charge is 0.370 e. The Bertz CT molecular complexity index is 338. The number of primary amides is 1. The largest absolute Gasteiger partial charge is 0.409 e. The average molecular weight is 280 g/mol. The Hall–Kier alpha value is -1.27. The number of halogens is 3. The molecular weight excluding hydrogens is 261 g/mol. The molecule has 2 amide bonds. The van der Waals surface area contributed by atoms with Crippen molar-refractivity contribution in [2.24, 2.45) is 11.7 Å². The van der Waals surface area contributed by atoms with E-state index in [0.29, 0.717) is 17.7 Å². The molecule has 1 atom stereocenters. The SMILES string of the molecule is CN(C(=O)C1CCCCC1)C(CC(N)=O)C(F)(F)F. The van der Waals surface area contributed by atoms with Crippen LogP contribution in [0.25, 0.3) is 0 Å². The van der Waals surface area contributed by atoms with Crippen molar-refractivity contribution < 1.29 is 22.8 Å². The van der Waals surface area contributed by atoms with Crippen LogP contribution in [-0.2, 0) is 9.59 Å². The topological polar surface area (TPSA) is 63.4 Å². The Kier molecular flexibility index (Phi) is 5.20. The number of alkyl halides is 3. The normalized spacial score (nSPS) is 18.9. The fourth-order valence-electron chi connectivity index (χ4n) is 2.45. The van der Waals surface area contributed by atoms with Crippen molar-refractivity contribution in [1.29, 1.82) is 0 Å². The maximum atomic E-state index is 12.9. The van der Waals surface area contributed by atoms with Crippen molar-refractivity contribution in [2.75, 3.05) is 7.05 Å². The minimum absolute atomic E-state index is 0.364. The van der Waals surface area contributed by atoms with E-state index in [2.05, 4.69) is 0 Å². The number of nitrogens with zero attached hydrogens (tertiary/aromatic N) is 1. The number of carbonyl (C=O) groups excluding carboxylic acids is 2.